The van der Waals surface area contributed by atoms with Crippen molar-refractivity contribution in [3.8, 4) is 0 Å². The van der Waals surface area contributed by atoms with Crippen LogP contribution in [0.5, 0.6) is 0 Å². The predicted octanol–water partition coefficient (Wildman–Crippen LogP) is 0.508. The highest BCUT2D eigenvalue weighted by molar-refractivity contribution is 7.97. The third kappa shape index (κ3) is 3.67. The quantitative estimate of drug-likeness (QED) is 0.313. The van der Waals surface area contributed by atoms with Crippen LogP contribution in [-0.2, 0) is 9.53 Å². The SMILES string of the molecule is COC(=O)/C=N/SC. The van der Waals surface area contributed by atoms with Crippen molar-refractivity contribution in [1.82, 2.24) is 0 Å². The van der Waals surface area contributed by atoms with Crippen LogP contribution in [0.15, 0.2) is 4.40 Å². The molecule has 0 spiro atoms. The maximum Gasteiger partial charge on any atom is 0.349 e. The zero-order valence-corrected chi connectivity index (χ0v) is 5.57. The van der Waals surface area contributed by atoms with Crippen LogP contribution in [0.3, 0.4) is 0 Å². The molecule has 8 heavy (non-hydrogen) atoms. The lowest BCUT2D eigenvalue weighted by molar-refractivity contribution is -0.132. The lowest BCUT2D eigenvalue weighted by Gasteiger charge is -1.85. The largest absolute Gasteiger partial charge is 0.465 e. The van der Waals surface area contributed by atoms with Gasteiger partial charge in [0.1, 0.15) is 6.21 Å². The fourth-order valence-corrected chi connectivity index (χ4v) is 0.340. The Morgan fingerprint density at radius 1 is 1.88 bits per heavy atom. The van der Waals surface area contributed by atoms with Gasteiger partial charge in [0.05, 0.1) is 7.11 Å². The molecule has 4 heteroatoms. The van der Waals surface area contributed by atoms with Gasteiger partial charge in [0.2, 0.25) is 0 Å². The predicted molar refractivity (Wildman–Crippen MR) is 34.0 cm³/mol. The molecule has 0 fully saturated rings. The molecule has 0 aliphatic heterocycles. The van der Waals surface area contributed by atoms with Crippen LogP contribution in [0.4, 0.5) is 0 Å². The van der Waals surface area contributed by atoms with Crippen molar-refractivity contribution in [3.05, 3.63) is 0 Å². The van der Waals surface area contributed by atoms with E-state index in [1.54, 1.807) is 6.26 Å². The Morgan fingerprint density at radius 2 is 2.50 bits per heavy atom. The molecule has 0 atom stereocenters. The topological polar surface area (TPSA) is 38.7 Å². The van der Waals surface area contributed by atoms with E-state index in [0.29, 0.717) is 0 Å². The Kier molecular flexibility index (Phi) is 4.35. The number of carbonyl (C=O) groups excluding carboxylic acids is 1. The zero-order valence-electron chi connectivity index (χ0n) is 4.75. The van der Waals surface area contributed by atoms with E-state index >= 15 is 0 Å². The summed E-state index contributed by atoms with van der Waals surface area (Å²) in [5.41, 5.74) is 0. The molecule has 0 radical (unpaired) electrons. The van der Waals surface area contributed by atoms with Crippen LogP contribution < -0.4 is 0 Å². The number of ether oxygens (including phenoxy) is 1. The number of carbonyl (C=O) groups is 1. The summed E-state index contributed by atoms with van der Waals surface area (Å²) in [5.74, 6) is -0.417. The van der Waals surface area contributed by atoms with Crippen LogP contribution in [-0.4, -0.2) is 25.5 Å². The Morgan fingerprint density at radius 3 is 2.88 bits per heavy atom. The molecule has 0 unspecified atom stereocenters. The third-order valence-electron chi connectivity index (χ3n) is 0.465. The molecule has 0 aromatic rings. The van der Waals surface area contributed by atoms with E-state index in [9.17, 15) is 4.79 Å². The Bertz CT molecular complexity index is 102. The molecule has 3 nitrogen and oxygen atoms in total. The zero-order chi connectivity index (χ0) is 6.41. The minimum absolute atomic E-state index is 0.417. The van der Waals surface area contributed by atoms with Crippen LogP contribution in [0.2, 0.25) is 0 Å². The second-order valence-corrected chi connectivity index (χ2v) is 1.52. The number of esters is 1. The van der Waals surface area contributed by atoms with Crippen molar-refractivity contribution >= 4 is 24.1 Å². The Hall–Kier alpha value is -0.510. The van der Waals surface area contributed by atoms with Gasteiger partial charge in [-0.1, -0.05) is 0 Å². The monoisotopic (exact) mass is 133 g/mol. The van der Waals surface area contributed by atoms with E-state index in [2.05, 4.69) is 9.13 Å². The average Bonchev–Trinajstić information content (AvgIpc) is 1.83. The molecule has 0 aromatic heterocycles. The molecule has 0 saturated heterocycles. The Balaban J connectivity index is 3.37. The first-order chi connectivity index (χ1) is 3.81. The van der Waals surface area contributed by atoms with Crippen molar-refractivity contribution in [2.45, 2.75) is 0 Å². The summed E-state index contributed by atoms with van der Waals surface area (Å²) in [5, 5.41) is 0. The van der Waals surface area contributed by atoms with E-state index in [1.807, 2.05) is 0 Å². The first-order valence-corrected chi connectivity index (χ1v) is 3.14. The standard InChI is InChI=1S/C4H7NO2S/c1-7-4(6)3-5-8-2/h3H,1-2H3/b5-3+. The maximum absolute atomic E-state index is 10.2. The van der Waals surface area contributed by atoms with Crippen molar-refractivity contribution < 1.29 is 9.53 Å². The van der Waals surface area contributed by atoms with E-state index in [1.165, 1.54) is 19.1 Å². The molecule has 0 N–H and O–H groups in total. The molecule has 0 rings (SSSR count). The van der Waals surface area contributed by atoms with Crippen LogP contribution in [0.1, 0.15) is 0 Å². The summed E-state index contributed by atoms with van der Waals surface area (Å²) in [4.78, 5) is 10.2. The minimum atomic E-state index is -0.417. The highest BCUT2D eigenvalue weighted by Crippen LogP contribution is 1.88. The van der Waals surface area contributed by atoms with Crippen molar-refractivity contribution in [2.24, 2.45) is 4.40 Å². The Labute approximate surface area is 52.3 Å². The normalized spacial score (nSPS) is 9.75. The van der Waals surface area contributed by atoms with Gasteiger partial charge in [-0.15, -0.1) is 0 Å². The average molecular weight is 133 g/mol. The van der Waals surface area contributed by atoms with Crippen LogP contribution in [0, 0.1) is 0 Å². The van der Waals surface area contributed by atoms with Gasteiger partial charge in [0, 0.05) is 6.26 Å². The molecular weight excluding hydrogens is 126 g/mol. The summed E-state index contributed by atoms with van der Waals surface area (Å²) in [6.07, 6.45) is 2.89. The molecule has 0 aliphatic carbocycles. The van der Waals surface area contributed by atoms with Gasteiger partial charge in [-0.2, -0.15) is 0 Å². The van der Waals surface area contributed by atoms with Crippen molar-refractivity contribution in [1.29, 1.82) is 0 Å². The fourth-order valence-electron chi connectivity index (χ4n) is 0.148. The summed E-state index contributed by atoms with van der Waals surface area (Å²) >= 11 is 1.21. The highest BCUT2D eigenvalue weighted by Gasteiger charge is 1.87. The summed E-state index contributed by atoms with van der Waals surface area (Å²) in [6, 6.07) is 0. The van der Waals surface area contributed by atoms with Gasteiger partial charge >= 0.3 is 5.97 Å². The molecular formula is C4H7NO2S. The summed E-state index contributed by atoms with van der Waals surface area (Å²) < 4.78 is 7.81. The van der Waals surface area contributed by atoms with Crippen molar-refractivity contribution in [3.63, 3.8) is 0 Å². The summed E-state index contributed by atoms with van der Waals surface area (Å²) in [6.45, 7) is 0. The maximum atomic E-state index is 10.2. The lowest BCUT2D eigenvalue weighted by Crippen LogP contribution is -1.99. The van der Waals surface area contributed by atoms with Gasteiger partial charge in [0.25, 0.3) is 0 Å². The second-order valence-electron chi connectivity index (χ2n) is 0.940. The number of rotatable bonds is 2. The van der Waals surface area contributed by atoms with Gasteiger partial charge in [0.15, 0.2) is 0 Å². The first-order valence-electron chi connectivity index (χ1n) is 1.95. The van der Waals surface area contributed by atoms with E-state index < -0.39 is 5.97 Å². The smallest absolute Gasteiger partial charge is 0.349 e. The molecule has 0 aliphatic rings. The van der Waals surface area contributed by atoms with Crippen molar-refractivity contribution in [2.75, 3.05) is 13.4 Å². The number of nitrogens with zero attached hydrogens (tertiary/aromatic N) is 1. The molecule has 0 amide bonds. The molecule has 46 valence electrons. The van der Waals surface area contributed by atoms with Gasteiger partial charge in [-0.05, 0) is 11.9 Å². The minimum Gasteiger partial charge on any atom is -0.465 e. The molecule has 0 saturated carbocycles. The number of hydrogen-bond acceptors (Lipinski definition) is 4. The fraction of sp³-hybridized carbons (Fsp3) is 0.500. The highest BCUT2D eigenvalue weighted by atomic mass is 32.2. The summed E-state index contributed by atoms with van der Waals surface area (Å²) in [7, 11) is 1.31. The number of hydrogen-bond donors (Lipinski definition) is 0. The third-order valence-corrected chi connectivity index (χ3v) is 0.781. The van der Waals surface area contributed by atoms with E-state index in [-0.39, 0.29) is 0 Å². The molecule has 0 aromatic carbocycles. The van der Waals surface area contributed by atoms with Gasteiger partial charge in [-0.25, -0.2) is 9.19 Å². The first kappa shape index (κ1) is 7.49. The van der Waals surface area contributed by atoms with E-state index in [0.717, 1.165) is 6.21 Å². The molecule has 0 bridgehead atoms. The van der Waals surface area contributed by atoms with Crippen LogP contribution in [0.25, 0.3) is 0 Å². The number of methoxy groups -OCH3 is 1. The van der Waals surface area contributed by atoms with Crippen LogP contribution >= 0.6 is 11.9 Å². The van der Waals surface area contributed by atoms with E-state index in [4.69, 9.17) is 0 Å². The molecule has 0 heterocycles. The lowest BCUT2D eigenvalue weighted by atomic mass is 10.8. The second kappa shape index (κ2) is 4.64. The van der Waals surface area contributed by atoms with Gasteiger partial charge < -0.3 is 4.74 Å². The van der Waals surface area contributed by atoms with Gasteiger partial charge in [-0.3, -0.25) is 0 Å².